The zero-order valence-corrected chi connectivity index (χ0v) is 15.9. The van der Waals surface area contributed by atoms with E-state index in [0.29, 0.717) is 11.9 Å². The number of benzene rings is 1. The van der Waals surface area contributed by atoms with Crippen LogP contribution in [0.15, 0.2) is 38.7 Å². The van der Waals surface area contributed by atoms with Crippen molar-refractivity contribution in [3.05, 3.63) is 35.7 Å². The van der Waals surface area contributed by atoms with Gasteiger partial charge in [-0.2, -0.15) is 4.99 Å². The maximum absolute atomic E-state index is 6.28. The smallest absolute Gasteiger partial charge is 0.226 e. The normalized spacial score (nSPS) is 19.1. The van der Waals surface area contributed by atoms with Crippen LogP contribution in [-0.4, -0.2) is 22.6 Å². The van der Waals surface area contributed by atoms with E-state index in [2.05, 4.69) is 16.9 Å². The SMILES string of the molecule is CCc1nc(-c2ccc(N3C(N)=NC(N)=NC34CCCCC4)cc2)oc1C. The zero-order chi connectivity index (χ0) is 19.0. The summed E-state index contributed by atoms with van der Waals surface area (Å²) >= 11 is 0. The Kier molecular flexibility index (Phi) is 4.37. The molecule has 7 heteroatoms. The Labute approximate surface area is 159 Å². The third-order valence-electron chi connectivity index (χ3n) is 5.45. The third-order valence-corrected chi connectivity index (χ3v) is 5.45. The van der Waals surface area contributed by atoms with Crippen molar-refractivity contribution in [3.8, 4) is 11.5 Å². The second-order valence-electron chi connectivity index (χ2n) is 7.24. The standard InChI is InChI=1S/C20H26N6O/c1-3-16-13(2)27-17(23-16)14-7-9-15(10-8-14)26-19(22)24-18(21)25-20(26)11-5-4-6-12-20/h7-10H,3-6,11-12H2,1-2H3,(H4,21,22,24,25). The number of hydrogen-bond acceptors (Lipinski definition) is 7. The highest BCUT2D eigenvalue weighted by Crippen LogP contribution is 2.39. The van der Waals surface area contributed by atoms with Crippen LogP contribution in [0.3, 0.4) is 0 Å². The van der Waals surface area contributed by atoms with Crippen LogP contribution in [0.5, 0.6) is 0 Å². The van der Waals surface area contributed by atoms with E-state index < -0.39 is 5.66 Å². The Bertz CT molecular complexity index is 890. The molecule has 1 aliphatic carbocycles. The summed E-state index contributed by atoms with van der Waals surface area (Å²) in [6, 6.07) is 8.06. The summed E-state index contributed by atoms with van der Waals surface area (Å²) in [5.41, 5.74) is 14.7. The van der Waals surface area contributed by atoms with E-state index >= 15 is 0 Å². The van der Waals surface area contributed by atoms with Gasteiger partial charge in [-0.15, -0.1) is 0 Å². The highest BCUT2D eigenvalue weighted by atomic mass is 16.4. The Morgan fingerprint density at radius 1 is 1.11 bits per heavy atom. The van der Waals surface area contributed by atoms with Crippen LogP contribution in [0, 0.1) is 6.92 Å². The molecule has 2 heterocycles. The molecule has 0 radical (unpaired) electrons. The Balaban J connectivity index is 1.68. The number of aliphatic imine (C=N–C) groups is 2. The summed E-state index contributed by atoms with van der Waals surface area (Å²) in [6.07, 6.45) is 6.12. The summed E-state index contributed by atoms with van der Waals surface area (Å²) in [5, 5.41) is 0. The van der Waals surface area contributed by atoms with Crippen molar-refractivity contribution in [2.75, 3.05) is 4.90 Å². The first kappa shape index (κ1) is 17.6. The predicted octanol–water partition coefficient (Wildman–Crippen LogP) is 3.32. The van der Waals surface area contributed by atoms with E-state index in [4.69, 9.17) is 20.9 Å². The van der Waals surface area contributed by atoms with Crippen molar-refractivity contribution in [2.45, 2.75) is 58.0 Å². The van der Waals surface area contributed by atoms with Crippen LogP contribution in [0.1, 0.15) is 50.5 Å². The van der Waals surface area contributed by atoms with Crippen molar-refractivity contribution in [1.82, 2.24) is 4.98 Å². The number of aryl methyl sites for hydroxylation is 2. The quantitative estimate of drug-likeness (QED) is 0.867. The van der Waals surface area contributed by atoms with Gasteiger partial charge in [-0.25, -0.2) is 9.98 Å². The molecule has 0 saturated heterocycles. The molecular weight excluding hydrogens is 340 g/mol. The lowest BCUT2D eigenvalue weighted by atomic mass is 9.87. The van der Waals surface area contributed by atoms with Crippen LogP contribution < -0.4 is 16.4 Å². The molecule has 142 valence electrons. The van der Waals surface area contributed by atoms with Gasteiger partial charge in [-0.1, -0.05) is 13.3 Å². The van der Waals surface area contributed by atoms with Gasteiger partial charge in [0.25, 0.3) is 0 Å². The van der Waals surface area contributed by atoms with Gasteiger partial charge in [-0.05, 0) is 63.3 Å². The molecule has 2 aromatic rings. The topological polar surface area (TPSA) is 106 Å². The third kappa shape index (κ3) is 3.07. The van der Waals surface area contributed by atoms with Gasteiger partial charge >= 0.3 is 0 Å². The number of guanidine groups is 2. The van der Waals surface area contributed by atoms with Gasteiger partial charge in [0.05, 0.1) is 5.69 Å². The van der Waals surface area contributed by atoms with E-state index in [9.17, 15) is 0 Å². The first-order valence-electron chi connectivity index (χ1n) is 9.59. The molecule has 0 amide bonds. The molecule has 27 heavy (non-hydrogen) atoms. The fourth-order valence-electron chi connectivity index (χ4n) is 4.13. The molecule has 1 aromatic carbocycles. The summed E-state index contributed by atoms with van der Waals surface area (Å²) < 4.78 is 5.81. The highest BCUT2D eigenvalue weighted by Gasteiger charge is 2.42. The van der Waals surface area contributed by atoms with Crippen molar-refractivity contribution in [2.24, 2.45) is 21.5 Å². The Hall–Kier alpha value is -2.83. The van der Waals surface area contributed by atoms with Crippen LogP contribution in [0.25, 0.3) is 11.5 Å². The molecule has 1 fully saturated rings. The van der Waals surface area contributed by atoms with Crippen molar-refractivity contribution in [1.29, 1.82) is 0 Å². The van der Waals surface area contributed by atoms with E-state index in [0.717, 1.165) is 54.8 Å². The van der Waals surface area contributed by atoms with Gasteiger partial charge in [0, 0.05) is 11.3 Å². The lowest BCUT2D eigenvalue weighted by Crippen LogP contribution is -2.58. The monoisotopic (exact) mass is 366 g/mol. The number of rotatable bonds is 3. The van der Waals surface area contributed by atoms with E-state index in [1.807, 2.05) is 36.1 Å². The van der Waals surface area contributed by atoms with Gasteiger partial charge in [0.1, 0.15) is 11.4 Å². The second-order valence-corrected chi connectivity index (χ2v) is 7.24. The summed E-state index contributed by atoms with van der Waals surface area (Å²) in [7, 11) is 0. The lowest BCUT2D eigenvalue weighted by Gasteiger charge is -2.45. The van der Waals surface area contributed by atoms with Crippen molar-refractivity contribution >= 4 is 17.6 Å². The average molecular weight is 366 g/mol. The molecule has 4 rings (SSSR count). The zero-order valence-electron chi connectivity index (χ0n) is 15.9. The minimum Gasteiger partial charge on any atom is -0.441 e. The molecule has 0 unspecified atom stereocenters. The van der Waals surface area contributed by atoms with E-state index in [1.165, 1.54) is 6.42 Å². The average Bonchev–Trinajstić information content (AvgIpc) is 3.03. The van der Waals surface area contributed by atoms with Crippen LogP contribution in [0.2, 0.25) is 0 Å². The minimum atomic E-state index is -0.426. The molecule has 2 aliphatic rings. The van der Waals surface area contributed by atoms with Crippen molar-refractivity contribution in [3.63, 3.8) is 0 Å². The molecule has 7 nitrogen and oxygen atoms in total. The first-order valence-corrected chi connectivity index (χ1v) is 9.59. The molecule has 0 atom stereocenters. The molecule has 1 aliphatic heterocycles. The van der Waals surface area contributed by atoms with E-state index in [1.54, 1.807) is 0 Å². The second kappa shape index (κ2) is 6.72. The van der Waals surface area contributed by atoms with Gasteiger partial charge in [-0.3, -0.25) is 4.90 Å². The van der Waals surface area contributed by atoms with Gasteiger partial charge in [0.15, 0.2) is 0 Å². The lowest BCUT2D eigenvalue weighted by molar-refractivity contribution is 0.305. The Morgan fingerprint density at radius 3 is 2.44 bits per heavy atom. The largest absolute Gasteiger partial charge is 0.441 e. The number of hydrogen-bond donors (Lipinski definition) is 2. The highest BCUT2D eigenvalue weighted by molar-refractivity contribution is 6.05. The van der Waals surface area contributed by atoms with Crippen LogP contribution >= 0.6 is 0 Å². The number of nitrogens with two attached hydrogens (primary N) is 2. The summed E-state index contributed by atoms with van der Waals surface area (Å²) in [5.74, 6) is 2.18. The van der Waals surface area contributed by atoms with Crippen LogP contribution in [-0.2, 0) is 6.42 Å². The number of nitrogens with zero attached hydrogens (tertiary/aromatic N) is 4. The molecule has 1 spiro atoms. The fourth-order valence-corrected chi connectivity index (χ4v) is 4.13. The van der Waals surface area contributed by atoms with Crippen molar-refractivity contribution < 1.29 is 4.42 Å². The maximum Gasteiger partial charge on any atom is 0.226 e. The maximum atomic E-state index is 6.28. The first-order chi connectivity index (χ1) is 13.0. The Morgan fingerprint density at radius 2 is 1.81 bits per heavy atom. The fraction of sp³-hybridized carbons (Fsp3) is 0.450. The number of anilines is 1. The molecule has 4 N–H and O–H groups in total. The summed E-state index contributed by atoms with van der Waals surface area (Å²) in [4.78, 5) is 15.5. The minimum absolute atomic E-state index is 0.268. The molecule has 0 bridgehead atoms. The molecule has 1 saturated carbocycles. The van der Waals surface area contributed by atoms with E-state index in [-0.39, 0.29) is 5.96 Å². The van der Waals surface area contributed by atoms with Crippen LogP contribution in [0.4, 0.5) is 5.69 Å². The predicted molar refractivity (Wildman–Crippen MR) is 108 cm³/mol. The summed E-state index contributed by atoms with van der Waals surface area (Å²) in [6.45, 7) is 4.02. The number of oxazole rings is 1. The van der Waals surface area contributed by atoms with Gasteiger partial charge < -0.3 is 15.9 Å². The molecule has 1 aromatic heterocycles. The molecular formula is C20H26N6O. The number of aromatic nitrogens is 1. The van der Waals surface area contributed by atoms with Gasteiger partial charge in [0.2, 0.25) is 17.8 Å².